The van der Waals surface area contributed by atoms with Crippen molar-refractivity contribution in [1.82, 2.24) is 4.72 Å². The van der Waals surface area contributed by atoms with Crippen LogP contribution < -0.4 is 9.46 Å². The molecule has 0 saturated heterocycles. The van der Waals surface area contributed by atoms with E-state index >= 15 is 0 Å². The molecule has 1 fully saturated rings. The highest BCUT2D eigenvalue weighted by molar-refractivity contribution is 7.89. The molecule has 1 aliphatic carbocycles. The molecule has 0 aliphatic heterocycles. The third kappa shape index (κ3) is 7.03. The van der Waals surface area contributed by atoms with Gasteiger partial charge in [-0.25, -0.2) is 17.5 Å². The Bertz CT molecular complexity index is 781. The molecule has 0 bridgehead atoms. The third-order valence-electron chi connectivity index (χ3n) is 4.67. The number of esters is 1. The number of sulfonamides is 1. The van der Waals surface area contributed by atoms with Gasteiger partial charge >= 0.3 is 5.97 Å². The van der Waals surface area contributed by atoms with Crippen molar-refractivity contribution in [3.63, 3.8) is 0 Å². The summed E-state index contributed by atoms with van der Waals surface area (Å²) in [5.41, 5.74) is -1.13. The quantitative estimate of drug-likeness (QED) is 0.399. The van der Waals surface area contributed by atoms with Crippen molar-refractivity contribution in [1.29, 1.82) is 0 Å². The molecule has 158 valence electrons. The molecule has 0 unspecified atom stereocenters. The largest absolute Gasteiger partial charge is 0.490 e. The fraction of sp³-hybridized carbons (Fsp3) is 0.632. The summed E-state index contributed by atoms with van der Waals surface area (Å²) >= 11 is 0. The minimum absolute atomic E-state index is 0.00788. The fourth-order valence-electron chi connectivity index (χ4n) is 2.59. The SMILES string of the molecule is CC[C@@](O)(CNS(=O)(=O)CCCOC(C)=O)c1ccc(F)c(OCC2CC2)c1. The van der Waals surface area contributed by atoms with Crippen LogP contribution in [0.4, 0.5) is 4.39 Å². The molecule has 1 atom stereocenters. The predicted octanol–water partition coefficient (Wildman–Crippen LogP) is 2.08. The van der Waals surface area contributed by atoms with Gasteiger partial charge in [-0.15, -0.1) is 0 Å². The Morgan fingerprint density at radius 3 is 2.71 bits per heavy atom. The first-order valence-electron chi connectivity index (χ1n) is 9.41. The summed E-state index contributed by atoms with van der Waals surface area (Å²) in [6.45, 7) is 3.14. The van der Waals surface area contributed by atoms with Gasteiger partial charge in [0.15, 0.2) is 11.6 Å². The lowest BCUT2D eigenvalue weighted by atomic mass is 9.91. The van der Waals surface area contributed by atoms with Crippen LogP contribution in [0.25, 0.3) is 0 Å². The highest BCUT2D eigenvalue weighted by Gasteiger charge is 2.30. The second-order valence-corrected chi connectivity index (χ2v) is 9.04. The molecule has 0 radical (unpaired) electrons. The van der Waals surface area contributed by atoms with Crippen molar-refractivity contribution in [3.8, 4) is 5.75 Å². The van der Waals surface area contributed by atoms with Crippen molar-refractivity contribution in [3.05, 3.63) is 29.6 Å². The van der Waals surface area contributed by atoms with E-state index in [2.05, 4.69) is 4.72 Å². The molecule has 0 spiro atoms. The molecule has 28 heavy (non-hydrogen) atoms. The van der Waals surface area contributed by atoms with Crippen LogP contribution in [0.5, 0.6) is 5.75 Å². The number of aliphatic hydroxyl groups is 1. The van der Waals surface area contributed by atoms with Gasteiger partial charge in [0, 0.05) is 13.5 Å². The molecule has 1 saturated carbocycles. The Morgan fingerprint density at radius 2 is 2.11 bits per heavy atom. The Hall–Kier alpha value is -1.71. The van der Waals surface area contributed by atoms with Gasteiger partial charge in [-0.05, 0) is 49.3 Å². The van der Waals surface area contributed by atoms with Crippen LogP contribution >= 0.6 is 0 Å². The summed E-state index contributed by atoms with van der Waals surface area (Å²) in [5, 5.41) is 10.9. The van der Waals surface area contributed by atoms with E-state index in [1.807, 2.05) is 0 Å². The van der Waals surface area contributed by atoms with Crippen LogP contribution in [0.2, 0.25) is 0 Å². The molecule has 9 heteroatoms. The number of carbonyl (C=O) groups excluding carboxylic acids is 1. The average Bonchev–Trinajstić information content (AvgIpc) is 3.47. The van der Waals surface area contributed by atoms with Crippen LogP contribution in [0.3, 0.4) is 0 Å². The Kier molecular flexibility index (Phi) is 7.79. The van der Waals surface area contributed by atoms with E-state index in [4.69, 9.17) is 9.47 Å². The Balaban J connectivity index is 1.99. The highest BCUT2D eigenvalue weighted by Crippen LogP contribution is 2.32. The number of carbonyl (C=O) groups is 1. The smallest absolute Gasteiger partial charge is 0.302 e. The van der Waals surface area contributed by atoms with Crippen molar-refractivity contribution in [2.75, 3.05) is 25.5 Å². The van der Waals surface area contributed by atoms with E-state index < -0.39 is 27.4 Å². The summed E-state index contributed by atoms with van der Waals surface area (Å²) < 4.78 is 50.8. The van der Waals surface area contributed by atoms with E-state index in [-0.39, 0.29) is 37.5 Å². The molecule has 0 aromatic heterocycles. The predicted molar refractivity (Wildman–Crippen MR) is 102 cm³/mol. The number of nitrogens with one attached hydrogen (secondary N) is 1. The van der Waals surface area contributed by atoms with Crippen molar-refractivity contribution in [2.24, 2.45) is 5.92 Å². The normalized spacial score (nSPS) is 16.4. The third-order valence-corrected chi connectivity index (χ3v) is 6.08. The highest BCUT2D eigenvalue weighted by atomic mass is 32.2. The molecule has 2 N–H and O–H groups in total. The number of hydrogen-bond donors (Lipinski definition) is 2. The van der Waals surface area contributed by atoms with Crippen LogP contribution in [-0.2, 0) is 25.2 Å². The molecule has 1 aromatic rings. The molecule has 7 nitrogen and oxygen atoms in total. The fourth-order valence-corrected chi connectivity index (χ4v) is 3.69. The van der Waals surface area contributed by atoms with Gasteiger partial charge in [0.2, 0.25) is 10.0 Å². The summed E-state index contributed by atoms with van der Waals surface area (Å²) in [6.07, 6.45) is 2.50. The van der Waals surface area contributed by atoms with Gasteiger partial charge in [0.05, 0.1) is 19.0 Å². The summed E-state index contributed by atoms with van der Waals surface area (Å²) in [4.78, 5) is 10.7. The Morgan fingerprint density at radius 1 is 1.39 bits per heavy atom. The first-order chi connectivity index (χ1) is 13.1. The van der Waals surface area contributed by atoms with Crippen LogP contribution in [-0.4, -0.2) is 45.0 Å². The maximum absolute atomic E-state index is 14.0. The molecular formula is C19H28FNO6S. The first-order valence-corrected chi connectivity index (χ1v) is 11.1. The van der Waals surface area contributed by atoms with Crippen LogP contribution in [0.15, 0.2) is 18.2 Å². The lowest BCUT2D eigenvalue weighted by Crippen LogP contribution is -2.41. The number of rotatable bonds is 12. The number of halogens is 1. The number of ether oxygens (including phenoxy) is 2. The maximum Gasteiger partial charge on any atom is 0.302 e. The zero-order valence-electron chi connectivity index (χ0n) is 16.2. The van der Waals surface area contributed by atoms with Crippen molar-refractivity contribution < 1.29 is 32.2 Å². The second-order valence-electron chi connectivity index (χ2n) is 7.12. The lowest BCUT2D eigenvalue weighted by molar-refractivity contribution is -0.140. The van der Waals surface area contributed by atoms with E-state index in [1.165, 1.54) is 25.1 Å². The van der Waals surface area contributed by atoms with Crippen LogP contribution in [0.1, 0.15) is 45.1 Å². The first kappa shape index (κ1) is 22.6. The molecule has 0 heterocycles. The maximum atomic E-state index is 14.0. The van der Waals surface area contributed by atoms with Gasteiger partial charge in [-0.2, -0.15) is 0 Å². The van der Waals surface area contributed by atoms with Gasteiger partial charge in [-0.1, -0.05) is 13.0 Å². The van der Waals surface area contributed by atoms with E-state index in [9.17, 15) is 22.7 Å². The van der Waals surface area contributed by atoms with E-state index in [1.54, 1.807) is 6.92 Å². The van der Waals surface area contributed by atoms with Crippen molar-refractivity contribution >= 4 is 16.0 Å². The topological polar surface area (TPSA) is 102 Å². The van der Waals surface area contributed by atoms with Gasteiger partial charge < -0.3 is 14.6 Å². The minimum atomic E-state index is -3.67. The summed E-state index contributed by atoms with van der Waals surface area (Å²) in [6, 6.07) is 4.07. The van der Waals surface area contributed by atoms with Crippen LogP contribution in [0, 0.1) is 11.7 Å². The van der Waals surface area contributed by atoms with E-state index in [0.29, 0.717) is 18.1 Å². The monoisotopic (exact) mass is 417 g/mol. The molecule has 1 aromatic carbocycles. The summed E-state index contributed by atoms with van der Waals surface area (Å²) in [5.74, 6) is -0.720. The van der Waals surface area contributed by atoms with Gasteiger partial charge in [0.25, 0.3) is 0 Å². The Labute approximate surface area is 165 Å². The average molecular weight is 417 g/mol. The van der Waals surface area contributed by atoms with Crippen molar-refractivity contribution in [2.45, 2.75) is 45.1 Å². The molecule has 0 amide bonds. The second kappa shape index (κ2) is 9.67. The van der Waals surface area contributed by atoms with E-state index in [0.717, 1.165) is 12.8 Å². The molecule has 1 aliphatic rings. The summed E-state index contributed by atoms with van der Waals surface area (Å²) in [7, 11) is -3.67. The number of benzene rings is 1. The standard InChI is InChI=1S/C19H28FNO6S/c1-3-19(23,13-21-28(24,25)10-4-9-26-14(2)22)16-7-8-17(20)18(11-16)27-12-15-5-6-15/h7-8,11,15,21,23H,3-6,9-10,12-13H2,1-2H3/t19-/m1/s1. The zero-order valence-corrected chi connectivity index (χ0v) is 17.1. The van der Waals surface area contributed by atoms with Gasteiger partial charge in [-0.3, -0.25) is 4.79 Å². The molecule has 2 rings (SSSR count). The molecular weight excluding hydrogens is 389 g/mol. The minimum Gasteiger partial charge on any atom is -0.490 e. The van der Waals surface area contributed by atoms with Gasteiger partial charge in [0.1, 0.15) is 5.60 Å². The lowest BCUT2D eigenvalue weighted by Gasteiger charge is -2.28. The zero-order chi connectivity index (χ0) is 20.8. The number of hydrogen-bond acceptors (Lipinski definition) is 6.